The average molecular weight is 626 g/mol. The molecule has 1 saturated heterocycles. The van der Waals surface area contributed by atoms with Gasteiger partial charge in [-0.2, -0.15) is 10.1 Å². The van der Waals surface area contributed by atoms with Gasteiger partial charge >= 0.3 is 5.97 Å². The number of aryl methyl sites for hydroxylation is 2. The Morgan fingerprint density at radius 2 is 1.91 bits per heavy atom. The molecular weight excluding hydrogens is 574 g/mol. The molecule has 0 radical (unpaired) electrons. The summed E-state index contributed by atoms with van der Waals surface area (Å²) in [6.45, 7) is 4.35. The minimum Gasteiger partial charge on any atom is -0.481 e. The summed E-state index contributed by atoms with van der Waals surface area (Å²) < 4.78 is 1.91. The van der Waals surface area contributed by atoms with Gasteiger partial charge in [0.25, 0.3) is 0 Å². The van der Waals surface area contributed by atoms with Crippen LogP contribution in [0.3, 0.4) is 0 Å². The molecule has 3 fully saturated rings. The number of hydrogen-bond acceptors (Lipinski definition) is 7. The van der Waals surface area contributed by atoms with Crippen molar-refractivity contribution in [3.05, 3.63) is 65.1 Å². The molecule has 0 unspecified atom stereocenters. The van der Waals surface area contributed by atoms with Crippen molar-refractivity contribution in [3.8, 4) is 0 Å². The second-order valence-electron chi connectivity index (χ2n) is 14.5. The average Bonchev–Trinajstić information content (AvgIpc) is 3.76. The van der Waals surface area contributed by atoms with Gasteiger partial charge in [0, 0.05) is 50.0 Å². The summed E-state index contributed by atoms with van der Waals surface area (Å²) in [7, 11) is 4.15. The molecule has 3 aromatic rings. The first-order chi connectivity index (χ1) is 22.4. The van der Waals surface area contributed by atoms with E-state index in [9.17, 15) is 9.90 Å². The highest BCUT2D eigenvalue weighted by molar-refractivity contribution is 5.70. The number of nitrogens with zero attached hydrogens (tertiary/aromatic N) is 6. The van der Waals surface area contributed by atoms with Crippen LogP contribution in [0.25, 0.3) is 0 Å². The van der Waals surface area contributed by atoms with Crippen LogP contribution in [0.5, 0.6) is 0 Å². The van der Waals surface area contributed by atoms with Crippen LogP contribution < -0.4 is 10.2 Å². The molecule has 246 valence electrons. The van der Waals surface area contributed by atoms with Crippen molar-refractivity contribution in [2.75, 3.05) is 30.4 Å². The first-order valence-corrected chi connectivity index (χ1v) is 17.8. The fourth-order valence-electron chi connectivity index (χ4n) is 8.90. The third-order valence-corrected chi connectivity index (χ3v) is 11.7. The highest BCUT2D eigenvalue weighted by Gasteiger charge is 2.44. The van der Waals surface area contributed by atoms with Crippen molar-refractivity contribution < 1.29 is 9.90 Å². The molecular formula is C37H51N7O2. The van der Waals surface area contributed by atoms with Crippen LogP contribution in [0.4, 0.5) is 11.8 Å². The van der Waals surface area contributed by atoms with Gasteiger partial charge in [0.15, 0.2) is 0 Å². The minimum absolute atomic E-state index is 0.0792. The summed E-state index contributed by atoms with van der Waals surface area (Å²) in [5, 5.41) is 18.1. The Morgan fingerprint density at radius 1 is 1.11 bits per heavy atom. The number of anilines is 2. The van der Waals surface area contributed by atoms with Crippen LogP contribution in [0.15, 0.2) is 42.7 Å². The predicted octanol–water partition coefficient (Wildman–Crippen LogP) is 6.23. The van der Waals surface area contributed by atoms with Gasteiger partial charge in [0.1, 0.15) is 5.82 Å². The second kappa shape index (κ2) is 13.3. The molecule has 1 aromatic carbocycles. The number of hydrogen-bond donors (Lipinski definition) is 2. The van der Waals surface area contributed by atoms with Gasteiger partial charge in [0.2, 0.25) is 5.95 Å². The Labute approximate surface area is 273 Å². The largest absolute Gasteiger partial charge is 0.481 e. The van der Waals surface area contributed by atoms with Gasteiger partial charge in [0.05, 0.1) is 23.9 Å². The molecule has 5 atom stereocenters. The van der Waals surface area contributed by atoms with Gasteiger partial charge < -0.3 is 15.3 Å². The topological polar surface area (TPSA) is 99.4 Å². The number of carboxylic acid groups (broad SMARTS) is 1. The van der Waals surface area contributed by atoms with Crippen molar-refractivity contribution in [3.63, 3.8) is 0 Å². The van der Waals surface area contributed by atoms with E-state index in [0.717, 1.165) is 88.2 Å². The zero-order valence-corrected chi connectivity index (χ0v) is 27.8. The Kier molecular flexibility index (Phi) is 9.03. The number of aromatic nitrogens is 4. The standard InChI is InChI=1S/C37H51N7O2/c1-4-33(25-12-14-26(15-13-25)36(45)46)43(3)37-40-31-17-16-27(24-9-6-5-7-10-24)19-30(31)35(41-37)39-32(29-21-38-42(2)22-29)23-44-18-8-11-28-20-34(28)44/h5-7,9-10,21-22,25-28,32-34H,4,8,11-20,23H2,1-3H3,(H,45,46)(H,39,40,41)/t25?,26?,27-,28+,32+,33-,34-/m1/s1. The summed E-state index contributed by atoms with van der Waals surface area (Å²) in [5.41, 5.74) is 5.01. The van der Waals surface area contributed by atoms with Crippen molar-refractivity contribution in [2.24, 2.45) is 24.8 Å². The lowest BCUT2D eigenvalue weighted by Gasteiger charge is -2.38. The molecule has 4 aliphatic rings. The molecule has 0 amide bonds. The van der Waals surface area contributed by atoms with Crippen LogP contribution in [0, 0.1) is 17.8 Å². The zero-order valence-electron chi connectivity index (χ0n) is 27.8. The molecule has 2 aromatic heterocycles. The van der Waals surface area contributed by atoms with Gasteiger partial charge in [-0.15, -0.1) is 0 Å². The number of carboxylic acids is 1. The Morgan fingerprint density at radius 3 is 2.63 bits per heavy atom. The fourth-order valence-corrected chi connectivity index (χ4v) is 8.90. The number of fused-ring (bicyclic) bond motifs is 2. The van der Waals surface area contributed by atoms with Crippen molar-refractivity contribution in [2.45, 2.75) is 102 Å². The molecule has 3 heterocycles. The first kappa shape index (κ1) is 31.2. The summed E-state index contributed by atoms with van der Waals surface area (Å²) in [6.07, 6.45) is 15.5. The van der Waals surface area contributed by atoms with E-state index in [0.29, 0.717) is 11.8 Å². The third kappa shape index (κ3) is 6.53. The SMILES string of the molecule is CC[C@H](C1CCC(C(=O)O)CC1)N(C)c1nc2c(c(N[C@@H](CN3CCC[C@H]4C[C@H]43)c3cnn(C)c3)n1)C[C@H](c1ccccc1)CC2. The summed E-state index contributed by atoms with van der Waals surface area (Å²) >= 11 is 0. The molecule has 0 spiro atoms. The zero-order chi connectivity index (χ0) is 31.8. The summed E-state index contributed by atoms with van der Waals surface area (Å²) in [6, 6.07) is 12.0. The van der Waals surface area contributed by atoms with Gasteiger partial charge in [-0.25, -0.2) is 4.98 Å². The lowest BCUT2D eigenvalue weighted by atomic mass is 9.77. The molecule has 0 bridgehead atoms. The number of nitrogens with one attached hydrogen (secondary N) is 1. The maximum absolute atomic E-state index is 11.6. The number of piperidine rings is 1. The van der Waals surface area contributed by atoms with E-state index in [1.165, 1.54) is 41.6 Å². The van der Waals surface area contributed by atoms with Crippen LogP contribution in [0.2, 0.25) is 0 Å². The van der Waals surface area contributed by atoms with Crippen LogP contribution in [-0.4, -0.2) is 67.9 Å². The highest BCUT2D eigenvalue weighted by atomic mass is 16.4. The van der Waals surface area contributed by atoms with E-state index in [4.69, 9.17) is 9.97 Å². The summed E-state index contributed by atoms with van der Waals surface area (Å²) in [5.74, 6) is 2.67. The summed E-state index contributed by atoms with van der Waals surface area (Å²) in [4.78, 5) is 27.3. The Bertz CT molecular complexity index is 1500. The van der Waals surface area contributed by atoms with Crippen LogP contribution in [0.1, 0.15) is 99.1 Å². The maximum atomic E-state index is 11.6. The molecule has 3 aliphatic carbocycles. The lowest BCUT2D eigenvalue weighted by Crippen LogP contribution is -2.41. The monoisotopic (exact) mass is 625 g/mol. The van der Waals surface area contributed by atoms with E-state index < -0.39 is 5.97 Å². The number of aliphatic carboxylic acids is 1. The van der Waals surface area contributed by atoms with Crippen LogP contribution in [-0.2, 0) is 24.7 Å². The van der Waals surface area contributed by atoms with Gasteiger partial charge in [-0.3, -0.25) is 14.4 Å². The highest BCUT2D eigenvalue weighted by Crippen LogP contribution is 2.44. The number of rotatable bonds is 11. The normalized spacial score (nSPS) is 27.2. The molecule has 2 N–H and O–H groups in total. The minimum atomic E-state index is -0.646. The van der Waals surface area contributed by atoms with Crippen molar-refractivity contribution in [1.29, 1.82) is 0 Å². The molecule has 9 nitrogen and oxygen atoms in total. The van der Waals surface area contributed by atoms with Gasteiger partial charge in [-0.05, 0) is 100 Å². The van der Waals surface area contributed by atoms with E-state index in [-0.39, 0.29) is 18.0 Å². The number of benzene rings is 1. The van der Waals surface area contributed by atoms with E-state index in [1.807, 2.05) is 17.9 Å². The number of likely N-dealkylation sites (tertiary alicyclic amines) is 1. The van der Waals surface area contributed by atoms with E-state index in [2.05, 4.69) is 70.7 Å². The third-order valence-electron chi connectivity index (χ3n) is 11.7. The quantitative estimate of drug-likeness (QED) is 0.259. The van der Waals surface area contributed by atoms with Crippen molar-refractivity contribution in [1.82, 2.24) is 24.6 Å². The van der Waals surface area contributed by atoms with Crippen molar-refractivity contribution >= 4 is 17.7 Å². The molecule has 1 aliphatic heterocycles. The second-order valence-corrected chi connectivity index (χ2v) is 14.5. The smallest absolute Gasteiger partial charge is 0.306 e. The fraction of sp³-hybridized carbons (Fsp3) is 0.622. The van der Waals surface area contributed by atoms with E-state index in [1.54, 1.807) is 0 Å². The molecule has 2 saturated carbocycles. The first-order valence-electron chi connectivity index (χ1n) is 17.8. The molecule has 9 heteroatoms. The maximum Gasteiger partial charge on any atom is 0.306 e. The van der Waals surface area contributed by atoms with Crippen LogP contribution >= 0.6 is 0 Å². The molecule has 7 rings (SSSR count). The Hall–Kier alpha value is -3.46. The Balaban J connectivity index is 1.21. The van der Waals surface area contributed by atoms with Gasteiger partial charge in [-0.1, -0.05) is 37.3 Å². The number of carbonyl (C=O) groups is 1. The van der Waals surface area contributed by atoms with E-state index >= 15 is 0 Å². The molecule has 46 heavy (non-hydrogen) atoms. The lowest BCUT2D eigenvalue weighted by molar-refractivity contribution is -0.143. The predicted molar refractivity (Wildman–Crippen MR) is 181 cm³/mol.